The molecule has 1 saturated heterocycles. The van der Waals surface area contributed by atoms with E-state index in [0.717, 1.165) is 4.90 Å². The quantitative estimate of drug-likeness (QED) is 0.613. The fourth-order valence-corrected chi connectivity index (χ4v) is 4.24. The highest BCUT2D eigenvalue weighted by Gasteiger charge is 2.65. The number of carbonyl (C=O) groups excluding carboxylic acids is 2. The van der Waals surface area contributed by atoms with Crippen LogP contribution in [0.4, 0.5) is 15.3 Å². The van der Waals surface area contributed by atoms with Gasteiger partial charge in [-0.2, -0.15) is 0 Å². The van der Waals surface area contributed by atoms with Crippen LogP contribution in [-0.2, 0) is 29.4 Å². The number of hydroxylamine groups is 1. The van der Waals surface area contributed by atoms with Gasteiger partial charge in [0.1, 0.15) is 17.2 Å². The molecule has 1 unspecified atom stereocenters. The number of para-hydroxylation sites is 1. The zero-order chi connectivity index (χ0) is 24.9. The Morgan fingerprint density at radius 1 is 1.12 bits per heavy atom. The first kappa shape index (κ1) is 24.9. The summed E-state index contributed by atoms with van der Waals surface area (Å²) < 4.78 is 16.6. The van der Waals surface area contributed by atoms with Crippen LogP contribution in [-0.4, -0.2) is 58.7 Å². The minimum absolute atomic E-state index is 0.295. The molecule has 1 fully saturated rings. The Morgan fingerprint density at radius 3 is 2.27 bits per heavy atom. The largest absolute Gasteiger partial charge is 0.509 e. The average Bonchev–Trinajstić information content (AvgIpc) is 2.94. The van der Waals surface area contributed by atoms with Crippen molar-refractivity contribution in [3.05, 3.63) is 28.8 Å². The number of carboxylic acids is 1. The van der Waals surface area contributed by atoms with Crippen molar-refractivity contribution in [3.63, 3.8) is 0 Å². The molecule has 33 heavy (non-hydrogen) atoms. The molecule has 3 rings (SSSR count). The van der Waals surface area contributed by atoms with Gasteiger partial charge in [-0.1, -0.05) is 23.7 Å². The van der Waals surface area contributed by atoms with Crippen molar-refractivity contribution in [2.24, 2.45) is 0 Å². The summed E-state index contributed by atoms with van der Waals surface area (Å²) in [6.45, 7) is 9.97. The maximum absolute atomic E-state index is 13.1. The molecule has 182 valence electrons. The van der Waals surface area contributed by atoms with Gasteiger partial charge < -0.3 is 19.3 Å². The number of carbonyl (C=O) groups is 3. The van der Waals surface area contributed by atoms with Gasteiger partial charge in [-0.15, -0.1) is 0 Å². The summed E-state index contributed by atoms with van der Waals surface area (Å²) in [5.41, 5.74) is -2.72. The Bertz CT molecular complexity index is 970. The molecule has 1 aromatic carbocycles. The van der Waals surface area contributed by atoms with Gasteiger partial charge in [-0.05, 0) is 47.6 Å². The SMILES string of the molecule is CN1OC2N(C(=O)OC(C)(C)C)[C@H](C(=O)O)C[C@@]2(OC(=O)OC(C)(C)C)c2cccc(Cl)c21. The van der Waals surface area contributed by atoms with Gasteiger partial charge in [-0.3, -0.25) is 9.96 Å². The summed E-state index contributed by atoms with van der Waals surface area (Å²) in [5, 5.41) is 11.6. The van der Waals surface area contributed by atoms with E-state index in [9.17, 15) is 19.5 Å². The molecule has 3 atom stereocenters. The lowest BCUT2D eigenvalue weighted by Gasteiger charge is -2.44. The van der Waals surface area contributed by atoms with Gasteiger partial charge >= 0.3 is 18.2 Å². The lowest BCUT2D eigenvalue weighted by molar-refractivity contribution is -0.175. The summed E-state index contributed by atoms with van der Waals surface area (Å²) in [6, 6.07) is 3.50. The number of fused-ring (bicyclic) bond motifs is 3. The molecule has 0 radical (unpaired) electrons. The minimum atomic E-state index is -1.71. The van der Waals surface area contributed by atoms with Gasteiger partial charge in [0.2, 0.25) is 6.23 Å². The molecule has 0 aromatic heterocycles. The normalized spacial score (nSPS) is 24.6. The number of anilines is 1. The molecular weight excluding hydrogens is 456 g/mol. The lowest BCUT2D eigenvalue weighted by atomic mass is 9.87. The van der Waals surface area contributed by atoms with Crippen molar-refractivity contribution in [2.75, 3.05) is 12.1 Å². The first-order valence-corrected chi connectivity index (χ1v) is 10.8. The van der Waals surface area contributed by atoms with E-state index in [0.29, 0.717) is 16.3 Å². The van der Waals surface area contributed by atoms with Crippen LogP contribution in [0.1, 0.15) is 53.5 Å². The highest BCUT2D eigenvalue weighted by Crippen LogP contribution is 2.53. The van der Waals surface area contributed by atoms with E-state index in [1.807, 2.05) is 0 Å². The predicted molar refractivity (Wildman–Crippen MR) is 118 cm³/mol. The fraction of sp³-hybridized carbons (Fsp3) is 0.591. The molecule has 0 spiro atoms. The minimum Gasteiger partial charge on any atom is -0.480 e. The summed E-state index contributed by atoms with van der Waals surface area (Å²) >= 11 is 6.40. The number of ether oxygens (including phenoxy) is 3. The number of halogens is 1. The van der Waals surface area contributed by atoms with Crippen LogP contribution in [0, 0.1) is 0 Å². The van der Waals surface area contributed by atoms with Gasteiger partial charge in [0, 0.05) is 19.0 Å². The number of hydrogen-bond acceptors (Lipinski definition) is 8. The summed E-state index contributed by atoms with van der Waals surface area (Å²) in [6.07, 6.45) is -3.61. The van der Waals surface area contributed by atoms with Crippen LogP contribution in [0.15, 0.2) is 18.2 Å². The van der Waals surface area contributed by atoms with Crippen LogP contribution in [0.3, 0.4) is 0 Å². The number of nitrogens with zero attached hydrogens (tertiary/aromatic N) is 2. The molecule has 0 bridgehead atoms. The van der Waals surface area contributed by atoms with E-state index in [1.165, 1.54) is 5.06 Å². The molecule has 1 aromatic rings. The fourth-order valence-electron chi connectivity index (χ4n) is 3.94. The smallest absolute Gasteiger partial charge is 0.480 e. The van der Waals surface area contributed by atoms with E-state index < -0.39 is 47.3 Å². The summed E-state index contributed by atoms with van der Waals surface area (Å²) in [5.74, 6) is -1.31. The second-order valence-electron chi connectivity index (χ2n) is 9.99. The molecule has 2 aliphatic heterocycles. The van der Waals surface area contributed by atoms with Gasteiger partial charge in [0.05, 0.1) is 10.7 Å². The number of amides is 1. The Labute approximate surface area is 197 Å². The van der Waals surface area contributed by atoms with Crippen LogP contribution in [0.5, 0.6) is 0 Å². The molecule has 0 saturated carbocycles. The molecule has 11 heteroatoms. The van der Waals surface area contributed by atoms with Gasteiger partial charge in [0.25, 0.3) is 0 Å². The van der Waals surface area contributed by atoms with E-state index in [-0.39, 0.29) is 6.42 Å². The highest BCUT2D eigenvalue weighted by atomic mass is 35.5. The number of carboxylic acid groups (broad SMARTS) is 1. The maximum Gasteiger partial charge on any atom is 0.509 e. The van der Waals surface area contributed by atoms with Crippen molar-refractivity contribution in [1.29, 1.82) is 0 Å². The third-order valence-corrected chi connectivity index (χ3v) is 5.35. The predicted octanol–water partition coefficient (Wildman–Crippen LogP) is 4.29. The molecular formula is C22H29ClN2O8. The second kappa shape index (κ2) is 8.25. The van der Waals surface area contributed by atoms with Crippen LogP contribution < -0.4 is 5.06 Å². The van der Waals surface area contributed by atoms with E-state index in [4.69, 9.17) is 30.6 Å². The summed E-state index contributed by atoms with van der Waals surface area (Å²) in [7, 11) is 1.56. The molecule has 1 N–H and O–H groups in total. The first-order valence-electron chi connectivity index (χ1n) is 10.4. The topological polar surface area (TPSA) is 115 Å². The second-order valence-corrected chi connectivity index (χ2v) is 10.4. The maximum atomic E-state index is 13.1. The Balaban J connectivity index is 2.17. The molecule has 0 aliphatic carbocycles. The van der Waals surface area contributed by atoms with Crippen LogP contribution in [0.25, 0.3) is 0 Å². The highest BCUT2D eigenvalue weighted by molar-refractivity contribution is 6.33. The monoisotopic (exact) mass is 484 g/mol. The zero-order valence-corrected chi connectivity index (χ0v) is 20.4. The van der Waals surface area contributed by atoms with Crippen molar-refractivity contribution >= 4 is 35.5 Å². The molecule has 10 nitrogen and oxygen atoms in total. The first-order chi connectivity index (χ1) is 15.1. The third kappa shape index (κ3) is 4.81. The van der Waals surface area contributed by atoms with Gasteiger partial charge in [0.15, 0.2) is 5.60 Å². The Kier molecular flexibility index (Phi) is 6.23. The average molecular weight is 485 g/mol. The number of aliphatic carboxylic acids is 1. The van der Waals surface area contributed by atoms with Crippen molar-refractivity contribution < 1.29 is 38.5 Å². The van der Waals surface area contributed by atoms with E-state index in [2.05, 4.69) is 0 Å². The van der Waals surface area contributed by atoms with Crippen molar-refractivity contribution in [3.8, 4) is 0 Å². The van der Waals surface area contributed by atoms with Crippen molar-refractivity contribution in [1.82, 2.24) is 4.90 Å². The van der Waals surface area contributed by atoms with Crippen molar-refractivity contribution in [2.45, 2.75) is 77.0 Å². The summed E-state index contributed by atoms with van der Waals surface area (Å²) in [4.78, 5) is 45.0. The standard InChI is InChI=1S/C22H29ClN2O8/c1-20(2,3)30-18(28)25-14(16(26)27)11-22(32-19(29)31-21(4,5)6)12-9-8-10-13(23)15(12)24(7)33-17(22)25/h8-10,14,17H,11H2,1-7H3,(H,26,27)/t14-,17?,22+/m0/s1. The Hall–Kier alpha value is -2.72. The van der Waals surface area contributed by atoms with E-state index in [1.54, 1.807) is 66.8 Å². The lowest BCUT2D eigenvalue weighted by Crippen LogP contribution is -2.57. The number of benzene rings is 1. The zero-order valence-electron chi connectivity index (χ0n) is 19.7. The molecule has 2 heterocycles. The molecule has 1 amide bonds. The van der Waals surface area contributed by atoms with Crippen LogP contribution >= 0.6 is 11.6 Å². The number of hydrogen-bond donors (Lipinski definition) is 1. The van der Waals surface area contributed by atoms with Gasteiger partial charge in [-0.25, -0.2) is 19.2 Å². The third-order valence-electron chi connectivity index (χ3n) is 5.04. The number of likely N-dealkylation sites (tertiary alicyclic amines) is 1. The van der Waals surface area contributed by atoms with Crippen LogP contribution in [0.2, 0.25) is 5.02 Å². The number of rotatable bonds is 2. The molecule has 2 aliphatic rings. The van der Waals surface area contributed by atoms with E-state index >= 15 is 0 Å². The Morgan fingerprint density at radius 2 is 1.73 bits per heavy atom.